The van der Waals surface area contributed by atoms with Crippen LogP contribution in [0.2, 0.25) is 0 Å². The highest BCUT2D eigenvalue weighted by Gasteiger charge is 2.32. The van der Waals surface area contributed by atoms with Gasteiger partial charge in [-0.1, -0.05) is 18.2 Å². The smallest absolute Gasteiger partial charge is 0.278 e. The summed E-state index contributed by atoms with van der Waals surface area (Å²) in [5, 5.41) is 6.47. The zero-order chi connectivity index (χ0) is 22.8. The van der Waals surface area contributed by atoms with Crippen molar-refractivity contribution >= 4 is 23.2 Å². The van der Waals surface area contributed by atoms with Gasteiger partial charge in [0.05, 0.1) is 12.2 Å². The summed E-state index contributed by atoms with van der Waals surface area (Å²) in [5.74, 6) is -2.58. The number of fused-ring (bicyclic) bond motifs is 1. The summed E-state index contributed by atoms with van der Waals surface area (Å²) in [6.07, 6.45) is 0.534. The number of aryl methyl sites for hydroxylation is 1. The number of amides is 2. The van der Waals surface area contributed by atoms with Crippen LogP contribution in [0, 0.1) is 11.6 Å². The van der Waals surface area contributed by atoms with Crippen LogP contribution in [0.5, 0.6) is 0 Å². The molecular formula is C23H20F2N4O3. The maximum atomic E-state index is 13.7. The molecule has 1 aliphatic rings. The summed E-state index contributed by atoms with van der Waals surface area (Å²) in [6, 6.07) is 12.9. The normalized spacial score (nSPS) is 14.8. The Morgan fingerprint density at radius 3 is 2.69 bits per heavy atom. The molecule has 2 amide bonds. The topological polar surface area (TPSA) is 84.3 Å². The number of nitrogens with zero attached hydrogens (tertiary/aromatic N) is 3. The van der Waals surface area contributed by atoms with E-state index in [0.29, 0.717) is 6.07 Å². The van der Waals surface area contributed by atoms with E-state index in [1.54, 1.807) is 4.90 Å². The minimum atomic E-state index is -0.902. The summed E-state index contributed by atoms with van der Waals surface area (Å²) in [6.45, 7) is 1.83. The Balaban J connectivity index is 1.48. The SMILES string of the molecule is C[C@@H]1Cc2ccccc2N1C(=O)c1ccc(=O)n(CCC(=O)Nc2ccc(F)cc2F)n1. The van der Waals surface area contributed by atoms with Gasteiger partial charge in [0.2, 0.25) is 5.91 Å². The van der Waals surface area contributed by atoms with E-state index in [-0.39, 0.29) is 36.3 Å². The van der Waals surface area contributed by atoms with Crippen molar-refractivity contribution in [3.8, 4) is 0 Å². The Kier molecular flexibility index (Phi) is 5.81. The molecule has 1 aliphatic heterocycles. The molecule has 4 rings (SSSR count). The zero-order valence-electron chi connectivity index (χ0n) is 17.2. The third-order valence-electron chi connectivity index (χ3n) is 5.27. The summed E-state index contributed by atoms with van der Waals surface area (Å²) in [4.78, 5) is 39.1. The van der Waals surface area contributed by atoms with Crippen LogP contribution >= 0.6 is 0 Å². The number of para-hydroxylation sites is 1. The maximum Gasteiger partial charge on any atom is 0.278 e. The van der Waals surface area contributed by atoms with Crippen molar-refractivity contribution in [1.29, 1.82) is 0 Å². The van der Waals surface area contributed by atoms with Crippen LogP contribution in [-0.2, 0) is 17.8 Å². The Hall–Kier alpha value is -3.88. The van der Waals surface area contributed by atoms with E-state index in [9.17, 15) is 23.2 Å². The molecule has 0 aliphatic carbocycles. The first-order valence-corrected chi connectivity index (χ1v) is 10.1. The van der Waals surface area contributed by atoms with Gasteiger partial charge in [0.15, 0.2) is 0 Å². The molecule has 0 fully saturated rings. The number of aromatic nitrogens is 2. The average molecular weight is 438 g/mol. The minimum absolute atomic E-state index is 0.0570. The minimum Gasteiger partial charge on any atom is -0.324 e. The van der Waals surface area contributed by atoms with Gasteiger partial charge in [-0.2, -0.15) is 5.10 Å². The molecule has 9 heteroatoms. The van der Waals surface area contributed by atoms with Gasteiger partial charge >= 0.3 is 0 Å². The second kappa shape index (κ2) is 8.70. The number of rotatable bonds is 5. The van der Waals surface area contributed by atoms with Crippen LogP contribution < -0.4 is 15.8 Å². The summed E-state index contributed by atoms with van der Waals surface area (Å²) < 4.78 is 27.7. The molecule has 0 saturated carbocycles. The highest BCUT2D eigenvalue weighted by molar-refractivity contribution is 6.06. The highest BCUT2D eigenvalue weighted by Crippen LogP contribution is 2.32. The fraction of sp³-hybridized carbons (Fsp3) is 0.217. The van der Waals surface area contributed by atoms with Gasteiger partial charge in [0.25, 0.3) is 11.5 Å². The van der Waals surface area contributed by atoms with Gasteiger partial charge in [0.1, 0.15) is 17.3 Å². The van der Waals surface area contributed by atoms with Crippen molar-refractivity contribution < 1.29 is 18.4 Å². The molecule has 0 saturated heterocycles. The van der Waals surface area contributed by atoms with Crippen molar-refractivity contribution in [1.82, 2.24) is 9.78 Å². The van der Waals surface area contributed by atoms with Crippen molar-refractivity contribution in [2.45, 2.75) is 32.4 Å². The van der Waals surface area contributed by atoms with Crippen LogP contribution in [0.3, 0.4) is 0 Å². The fourth-order valence-corrected chi connectivity index (χ4v) is 3.73. The molecule has 2 aromatic carbocycles. The Morgan fingerprint density at radius 2 is 1.91 bits per heavy atom. The van der Waals surface area contributed by atoms with Gasteiger partial charge in [-0.25, -0.2) is 13.5 Å². The molecule has 1 aromatic heterocycles. The molecule has 7 nitrogen and oxygen atoms in total. The molecule has 3 aromatic rings. The number of nitrogens with one attached hydrogen (secondary N) is 1. The van der Waals surface area contributed by atoms with Crippen LogP contribution in [-0.4, -0.2) is 27.6 Å². The predicted molar refractivity (Wildman–Crippen MR) is 115 cm³/mol. The third-order valence-corrected chi connectivity index (χ3v) is 5.27. The van der Waals surface area contributed by atoms with Gasteiger partial charge < -0.3 is 10.2 Å². The summed E-state index contributed by atoms with van der Waals surface area (Å²) in [5.41, 5.74) is 1.31. The maximum absolute atomic E-state index is 13.7. The second-order valence-corrected chi connectivity index (χ2v) is 7.56. The fourth-order valence-electron chi connectivity index (χ4n) is 3.73. The van der Waals surface area contributed by atoms with Crippen molar-refractivity contribution in [2.75, 3.05) is 10.2 Å². The van der Waals surface area contributed by atoms with Crippen molar-refractivity contribution in [2.24, 2.45) is 0 Å². The molecule has 0 spiro atoms. The molecule has 164 valence electrons. The van der Waals surface area contributed by atoms with Gasteiger partial charge in [-0.3, -0.25) is 14.4 Å². The molecule has 32 heavy (non-hydrogen) atoms. The van der Waals surface area contributed by atoms with Crippen molar-refractivity contribution in [3.63, 3.8) is 0 Å². The number of hydrogen-bond acceptors (Lipinski definition) is 4. The molecule has 0 bridgehead atoms. The van der Waals surface area contributed by atoms with Gasteiger partial charge in [-0.15, -0.1) is 0 Å². The number of carbonyl (C=O) groups is 2. The Labute approximate surface area is 182 Å². The van der Waals surface area contributed by atoms with Gasteiger partial charge in [0, 0.05) is 30.3 Å². The monoisotopic (exact) mass is 438 g/mol. The van der Waals surface area contributed by atoms with Crippen LogP contribution in [0.4, 0.5) is 20.2 Å². The van der Waals surface area contributed by atoms with Crippen LogP contribution in [0.1, 0.15) is 29.4 Å². The quantitative estimate of drug-likeness (QED) is 0.663. The molecule has 2 heterocycles. The molecule has 1 atom stereocenters. The summed E-state index contributed by atoms with van der Waals surface area (Å²) >= 11 is 0. The van der Waals surface area contributed by atoms with Crippen molar-refractivity contribution in [3.05, 3.63) is 87.8 Å². The van der Waals surface area contributed by atoms with E-state index < -0.39 is 23.1 Å². The van der Waals surface area contributed by atoms with E-state index in [4.69, 9.17) is 0 Å². The number of carbonyl (C=O) groups excluding carboxylic acids is 2. The lowest BCUT2D eigenvalue weighted by molar-refractivity contribution is -0.116. The predicted octanol–water partition coefficient (Wildman–Crippen LogP) is 3.14. The first-order chi connectivity index (χ1) is 15.3. The second-order valence-electron chi connectivity index (χ2n) is 7.56. The van der Waals surface area contributed by atoms with E-state index in [1.807, 2.05) is 31.2 Å². The molecule has 0 unspecified atom stereocenters. The average Bonchev–Trinajstić information content (AvgIpc) is 3.10. The lowest BCUT2D eigenvalue weighted by Crippen LogP contribution is -2.37. The molecule has 0 radical (unpaired) electrons. The molecular weight excluding hydrogens is 418 g/mol. The van der Waals surface area contributed by atoms with E-state index in [0.717, 1.165) is 34.5 Å². The Morgan fingerprint density at radius 1 is 1.12 bits per heavy atom. The van der Waals surface area contributed by atoms with E-state index in [2.05, 4.69) is 10.4 Å². The number of benzene rings is 2. The first-order valence-electron chi connectivity index (χ1n) is 10.1. The van der Waals surface area contributed by atoms with Gasteiger partial charge in [-0.05, 0) is 43.2 Å². The number of hydrogen-bond donors (Lipinski definition) is 1. The zero-order valence-corrected chi connectivity index (χ0v) is 17.2. The van der Waals surface area contributed by atoms with E-state index >= 15 is 0 Å². The third kappa shape index (κ3) is 4.27. The first kappa shape index (κ1) is 21.4. The lowest BCUT2D eigenvalue weighted by atomic mass is 10.1. The van der Waals surface area contributed by atoms with Crippen LogP contribution in [0.15, 0.2) is 59.4 Å². The number of anilines is 2. The number of halogens is 2. The van der Waals surface area contributed by atoms with Crippen LogP contribution in [0.25, 0.3) is 0 Å². The largest absolute Gasteiger partial charge is 0.324 e. The Bertz CT molecular complexity index is 1260. The standard InChI is InChI=1S/C23H20F2N4O3/c1-14-12-15-4-2-3-5-20(15)29(14)23(32)19-8-9-22(31)28(27-19)11-10-21(30)26-18-7-6-16(24)13-17(18)25/h2-9,13-14H,10-12H2,1H3,(H,26,30)/t14-/m1/s1. The molecule has 1 N–H and O–H groups in total. The highest BCUT2D eigenvalue weighted by atomic mass is 19.1. The van der Waals surface area contributed by atoms with E-state index in [1.165, 1.54) is 12.1 Å². The summed E-state index contributed by atoms with van der Waals surface area (Å²) in [7, 11) is 0. The lowest BCUT2D eigenvalue weighted by Gasteiger charge is -2.22.